The van der Waals surface area contributed by atoms with Crippen LogP contribution in [-0.2, 0) is 19.9 Å². The van der Waals surface area contributed by atoms with Gasteiger partial charge in [-0.1, -0.05) is 6.92 Å². The number of hydrogen-bond donors (Lipinski definition) is 1. The summed E-state index contributed by atoms with van der Waals surface area (Å²) in [6, 6.07) is 0.816. The van der Waals surface area contributed by atoms with Gasteiger partial charge in [0.1, 0.15) is 0 Å². The molecule has 0 radical (unpaired) electrons. The van der Waals surface area contributed by atoms with E-state index < -0.39 is 0 Å². The minimum Gasteiger partial charge on any atom is -0.314 e. The molecule has 14 heavy (non-hydrogen) atoms. The minimum atomic E-state index is 0.816. The zero-order valence-corrected chi connectivity index (χ0v) is 9.08. The van der Waals surface area contributed by atoms with E-state index in [0.717, 1.165) is 25.4 Å². The molecular formula is C11H19N3. The maximum atomic E-state index is 4.43. The van der Waals surface area contributed by atoms with Crippen molar-refractivity contribution in [2.45, 2.75) is 38.6 Å². The van der Waals surface area contributed by atoms with Gasteiger partial charge in [0.25, 0.3) is 0 Å². The predicted octanol–water partition coefficient (Wildman–Crippen LogP) is 1.28. The number of nitrogens with one attached hydrogen (secondary N) is 1. The number of rotatable bonds is 5. The smallest absolute Gasteiger partial charge is 0.0654 e. The molecule has 0 amide bonds. The van der Waals surface area contributed by atoms with Gasteiger partial charge in [-0.15, -0.1) is 0 Å². The molecule has 0 atom stereocenters. The molecule has 1 aliphatic carbocycles. The molecule has 1 saturated carbocycles. The number of nitrogens with zero attached hydrogens (tertiary/aromatic N) is 2. The van der Waals surface area contributed by atoms with Crippen LogP contribution < -0.4 is 5.32 Å². The lowest BCUT2D eigenvalue weighted by Gasteiger charge is -2.01. The Hall–Kier alpha value is -0.830. The molecule has 1 heterocycles. The molecule has 1 aromatic heterocycles. The SMILES string of the molecule is CCc1nn(C)cc1CCNC1CC1. The quantitative estimate of drug-likeness (QED) is 0.763. The Kier molecular flexibility index (Phi) is 2.87. The Bertz CT molecular complexity index is 299. The number of aromatic nitrogens is 2. The highest BCUT2D eigenvalue weighted by molar-refractivity contribution is 5.17. The topological polar surface area (TPSA) is 29.9 Å². The number of aryl methyl sites for hydroxylation is 2. The molecule has 3 nitrogen and oxygen atoms in total. The number of hydrogen-bond acceptors (Lipinski definition) is 2. The van der Waals surface area contributed by atoms with E-state index in [0.29, 0.717) is 0 Å². The lowest BCUT2D eigenvalue weighted by atomic mass is 10.1. The van der Waals surface area contributed by atoms with Gasteiger partial charge in [-0.25, -0.2) is 0 Å². The summed E-state index contributed by atoms with van der Waals surface area (Å²) in [6.07, 6.45) is 7.04. The van der Waals surface area contributed by atoms with E-state index in [1.165, 1.54) is 24.1 Å². The van der Waals surface area contributed by atoms with Gasteiger partial charge in [-0.2, -0.15) is 5.10 Å². The van der Waals surface area contributed by atoms with Crippen LogP contribution in [0.5, 0.6) is 0 Å². The molecule has 1 N–H and O–H groups in total. The van der Waals surface area contributed by atoms with Gasteiger partial charge in [0.15, 0.2) is 0 Å². The first kappa shape index (κ1) is 9.71. The fraction of sp³-hybridized carbons (Fsp3) is 0.727. The van der Waals surface area contributed by atoms with Crippen LogP contribution in [0.4, 0.5) is 0 Å². The first-order valence-electron chi connectivity index (χ1n) is 5.54. The van der Waals surface area contributed by atoms with Gasteiger partial charge in [-0.05, 0) is 37.8 Å². The van der Waals surface area contributed by atoms with Crippen LogP contribution in [-0.4, -0.2) is 22.4 Å². The van der Waals surface area contributed by atoms with Crippen LogP contribution in [0.3, 0.4) is 0 Å². The normalized spacial score (nSPS) is 16.1. The zero-order valence-electron chi connectivity index (χ0n) is 9.08. The fourth-order valence-electron chi connectivity index (χ4n) is 1.79. The summed E-state index contributed by atoms with van der Waals surface area (Å²) in [5, 5.41) is 7.96. The van der Waals surface area contributed by atoms with Crippen LogP contribution in [0.1, 0.15) is 31.0 Å². The summed E-state index contributed by atoms with van der Waals surface area (Å²) in [5.41, 5.74) is 2.66. The Morgan fingerprint density at radius 3 is 3.00 bits per heavy atom. The third-order valence-corrected chi connectivity index (χ3v) is 2.73. The highest BCUT2D eigenvalue weighted by Gasteiger charge is 2.19. The Morgan fingerprint density at radius 2 is 2.36 bits per heavy atom. The van der Waals surface area contributed by atoms with Crippen molar-refractivity contribution in [3.05, 3.63) is 17.5 Å². The van der Waals surface area contributed by atoms with E-state index in [1.807, 2.05) is 11.7 Å². The zero-order chi connectivity index (χ0) is 9.97. The average Bonchev–Trinajstić information content (AvgIpc) is 2.90. The molecule has 1 fully saturated rings. The Labute approximate surface area is 85.5 Å². The largest absolute Gasteiger partial charge is 0.314 e. The molecule has 0 spiro atoms. The molecule has 78 valence electrons. The van der Waals surface area contributed by atoms with Crippen LogP contribution in [0, 0.1) is 0 Å². The third-order valence-electron chi connectivity index (χ3n) is 2.73. The van der Waals surface area contributed by atoms with Crippen molar-refractivity contribution in [3.63, 3.8) is 0 Å². The standard InChI is InChI=1S/C11H19N3/c1-3-11-9(8-14(2)13-11)6-7-12-10-4-5-10/h8,10,12H,3-7H2,1-2H3. The molecule has 0 bridgehead atoms. The molecule has 0 aromatic carbocycles. The van der Waals surface area contributed by atoms with Crippen LogP contribution >= 0.6 is 0 Å². The maximum Gasteiger partial charge on any atom is 0.0654 e. The molecule has 1 aliphatic rings. The minimum absolute atomic E-state index is 0.816. The molecule has 0 aliphatic heterocycles. The van der Waals surface area contributed by atoms with Crippen molar-refractivity contribution in [1.82, 2.24) is 15.1 Å². The average molecular weight is 193 g/mol. The van der Waals surface area contributed by atoms with E-state index in [-0.39, 0.29) is 0 Å². The van der Waals surface area contributed by atoms with Crippen molar-refractivity contribution >= 4 is 0 Å². The summed E-state index contributed by atoms with van der Waals surface area (Å²) in [6.45, 7) is 3.27. The summed E-state index contributed by atoms with van der Waals surface area (Å²) < 4.78 is 1.92. The highest BCUT2D eigenvalue weighted by atomic mass is 15.2. The molecule has 1 aromatic rings. The van der Waals surface area contributed by atoms with Gasteiger partial charge in [-0.3, -0.25) is 4.68 Å². The molecule has 2 rings (SSSR count). The summed E-state index contributed by atoms with van der Waals surface area (Å²) in [7, 11) is 2.00. The summed E-state index contributed by atoms with van der Waals surface area (Å²) in [5.74, 6) is 0. The van der Waals surface area contributed by atoms with E-state index in [4.69, 9.17) is 0 Å². The van der Waals surface area contributed by atoms with Crippen LogP contribution in [0.15, 0.2) is 6.20 Å². The van der Waals surface area contributed by atoms with E-state index in [1.54, 1.807) is 0 Å². The van der Waals surface area contributed by atoms with Crippen molar-refractivity contribution in [3.8, 4) is 0 Å². The highest BCUT2D eigenvalue weighted by Crippen LogP contribution is 2.18. The maximum absolute atomic E-state index is 4.43. The lowest BCUT2D eigenvalue weighted by molar-refractivity contribution is 0.679. The van der Waals surface area contributed by atoms with Crippen molar-refractivity contribution in [1.29, 1.82) is 0 Å². The van der Waals surface area contributed by atoms with Crippen molar-refractivity contribution < 1.29 is 0 Å². The third kappa shape index (κ3) is 2.35. The van der Waals surface area contributed by atoms with Gasteiger partial charge in [0, 0.05) is 19.3 Å². The predicted molar refractivity (Wildman–Crippen MR) is 57.3 cm³/mol. The van der Waals surface area contributed by atoms with Crippen LogP contribution in [0.25, 0.3) is 0 Å². The monoisotopic (exact) mass is 193 g/mol. The van der Waals surface area contributed by atoms with E-state index in [2.05, 4.69) is 23.5 Å². The lowest BCUT2D eigenvalue weighted by Crippen LogP contribution is -2.19. The second-order valence-corrected chi connectivity index (χ2v) is 4.11. The second-order valence-electron chi connectivity index (χ2n) is 4.11. The summed E-state index contributed by atoms with van der Waals surface area (Å²) in [4.78, 5) is 0. The van der Waals surface area contributed by atoms with E-state index >= 15 is 0 Å². The van der Waals surface area contributed by atoms with Crippen molar-refractivity contribution in [2.24, 2.45) is 7.05 Å². The molecule has 0 saturated heterocycles. The van der Waals surface area contributed by atoms with Gasteiger partial charge < -0.3 is 5.32 Å². The van der Waals surface area contributed by atoms with Gasteiger partial charge in [0.05, 0.1) is 5.69 Å². The van der Waals surface area contributed by atoms with E-state index in [9.17, 15) is 0 Å². The fourth-order valence-corrected chi connectivity index (χ4v) is 1.79. The second kappa shape index (κ2) is 4.13. The van der Waals surface area contributed by atoms with Crippen LogP contribution in [0.2, 0.25) is 0 Å². The molecular weight excluding hydrogens is 174 g/mol. The first-order valence-corrected chi connectivity index (χ1v) is 5.54. The Balaban J connectivity index is 1.86. The summed E-state index contributed by atoms with van der Waals surface area (Å²) >= 11 is 0. The van der Waals surface area contributed by atoms with Gasteiger partial charge in [0.2, 0.25) is 0 Å². The Morgan fingerprint density at radius 1 is 1.57 bits per heavy atom. The molecule has 3 heteroatoms. The molecule has 0 unspecified atom stereocenters. The van der Waals surface area contributed by atoms with Crippen molar-refractivity contribution in [2.75, 3.05) is 6.54 Å². The van der Waals surface area contributed by atoms with Gasteiger partial charge >= 0.3 is 0 Å². The first-order chi connectivity index (χ1) is 6.79.